The van der Waals surface area contributed by atoms with Crippen LogP contribution in [0.4, 0.5) is 0 Å². The SMILES string of the molecule is CCCC(O)c1ccc2[nH]ccc2c1. The number of aliphatic hydroxyl groups is 1. The average molecular weight is 189 g/mol. The highest BCUT2D eigenvalue weighted by atomic mass is 16.3. The van der Waals surface area contributed by atoms with Gasteiger partial charge in [0.15, 0.2) is 0 Å². The largest absolute Gasteiger partial charge is 0.388 e. The summed E-state index contributed by atoms with van der Waals surface area (Å²) < 4.78 is 0. The van der Waals surface area contributed by atoms with Gasteiger partial charge in [-0.15, -0.1) is 0 Å². The minimum Gasteiger partial charge on any atom is -0.388 e. The molecular formula is C12H15NO. The Hall–Kier alpha value is -1.28. The van der Waals surface area contributed by atoms with Crippen molar-refractivity contribution in [1.82, 2.24) is 4.98 Å². The van der Waals surface area contributed by atoms with Gasteiger partial charge in [-0.2, -0.15) is 0 Å². The van der Waals surface area contributed by atoms with E-state index in [2.05, 4.69) is 11.9 Å². The minimum absolute atomic E-state index is 0.320. The fourth-order valence-electron chi connectivity index (χ4n) is 1.72. The second-order valence-electron chi connectivity index (χ2n) is 3.63. The van der Waals surface area contributed by atoms with E-state index >= 15 is 0 Å². The number of hydrogen-bond donors (Lipinski definition) is 2. The maximum absolute atomic E-state index is 9.81. The van der Waals surface area contributed by atoms with E-state index in [0.717, 1.165) is 29.3 Å². The molecule has 2 heteroatoms. The number of H-pyrrole nitrogens is 1. The predicted molar refractivity (Wildman–Crippen MR) is 58.2 cm³/mol. The first-order valence-corrected chi connectivity index (χ1v) is 5.06. The van der Waals surface area contributed by atoms with E-state index in [1.807, 2.05) is 30.5 Å². The van der Waals surface area contributed by atoms with Crippen LogP contribution >= 0.6 is 0 Å². The zero-order valence-electron chi connectivity index (χ0n) is 8.33. The molecule has 0 radical (unpaired) electrons. The third-order valence-electron chi connectivity index (χ3n) is 2.52. The van der Waals surface area contributed by atoms with Crippen LogP contribution in [0.15, 0.2) is 30.5 Å². The zero-order valence-corrected chi connectivity index (χ0v) is 8.33. The lowest BCUT2D eigenvalue weighted by molar-refractivity contribution is 0.166. The van der Waals surface area contributed by atoms with Gasteiger partial charge < -0.3 is 10.1 Å². The number of benzene rings is 1. The second-order valence-corrected chi connectivity index (χ2v) is 3.63. The van der Waals surface area contributed by atoms with Gasteiger partial charge >= 0.3 is 0 Å². The van der Waals surface area contributed by atoms with Crippen LogP contribution in [0, 0.1) is 0 Å². The van der Waals surface area contributed by atoms with Crippen LogP contribution in [-0.4, -0.2) is 10.1 Å². The Morgan fingerprint density at radius 2 is 2.21 bits per heavy atom. The molecule has 0 amide bonds. The average Bonchev–Trinajstić information content (AvgIpc) is 2.64. The van der Waals surface area contributed by atoms with Crippen LogP contribution in [0.3, 0.4) is 0 Å². The monoisotopic (exact) mass is 189 g/mol. The Labute approximate surface area is 83.6 Å². The normalized spacial score (nSPS) is 13.3. The van der Waals surface area contributed by atoms with Crippen molar-refractivity contribution in [2.45, 2.75) is 25.9 Å². The van der Waals surface area contributed by atoms with E-state index in [9.17, 15) is 5.11 Å². The van der Waals surface area contributed by atoms with Gasteiger partial charge in [0.25, 0.3) is 0 Å². The zero-order chi connectivity index (χ0) is 9.97. The van der Waals surface area contributed by atoms with Crippen molar-refractivity contribution in [2.75, 3.05) is 0 Å². The number of aromatic amines is 1. The summed E-state index contributed by atoms with van der Waals surface area (Å²) in [6.07, 6.45) is 3.43. The first-order valence-electron chi connectivity index (χ1n) is 5.06. The highest BCUT2D eigenvalue weighted by Gasteiger charge is 2.06. The van der Waals surface area contributed by atoms with Crippen LogP contribution in [0.2, 0.25) is 0 Å². The number of fused-ring (bicyclic) bond motifs is 1. The number of aliphatic hydroxyl groups excluding tert-OH is 1. The first kappa shape index (κ1) is 9.28. The molecule has 2 nitrogen and oxygen atoms in total. The van der Waals surface area contributed by atoms with Crippen molar-refractivity contribution >= 4 is 10.9 Å². The molecule has 1 aromatic carbocycles. The Balaban J connectivity index is 2.33. The van der Waals surface area contributed by atoms with Crippen molar-refractivity contribution in [3.8, 4) is 0 Å². The van der Waals surface area contributed by atoms with Gasteiger partial charge in [-0.05, 0) is 35.6 Å². The predicted octanol–water partition coefficient (Wildman–Crippen LogP) is 3.00. The van der Waals surface area contributed by atoms with E-state index in [1.54, 1.807) is 0 Å². The maximum Gasteiger partial charge on any atom is 0.0790 e. The summed E-state index contributed by atoms with van der Waals surface area (Å²) in [6, 6.07) is 8.08. The summed E-state index contributed by atoms with van der Waals surface area (Å²) in [6.45, 7) is 2.08. The van der Waals surface area contributed by atoms with E-state index in [4.69, 9.17) is 0 Å². The van der Waals surface area contributed by atoms with Crippen molar-refractivity contribution in [1.29, 1.82) is 0 Å². The molecule has 0 aliphatic heterocycles. The van der Waals surface area contributed by atoms with Crippen LogP contribution in [0.5, 0.6) is 0 Å². The van der Waals surface area contributed by atoms with Gasteiger partial charge in [0.05, 0.1) is 6.10 Å². The van der Waals surface area contributed by atoms with E-state index in [-0.39, 0.29) is 6.10 Å². The molecule has 0 spiro atoms. The fourth-order valence-corrected chi connectivity index (χ4v) is 1.72. The lowest BCUT2D eigenvalue weighted by atomic mass is 10.0. The number of aromatic nitrogens is 1. The molecular weight excluding hydrogens is 174 g/mol. The van der Waals surface area contributed by atoms with Crippen LogP contribution in [0.25, 0.3) is 10.9 Å². The van der Waals surface area contributed by atoms with Gasteiger partial charge in [-0.1, -0.05) is 19.4 Å². The van der Waals surface area contributed by atoms with Crippen LogP contribution in [0.1, 0.15) is 31.4 Å². The molecule has 1 aromatic heterocycles. The molecule has 2 aromatic rings. The summed E-state index contributed by atoms with van der Waals surface area (Å²) in [4.78, 5) is 3.14. The van der Waals surface area contributed by atoms with Gasteiger partial charge in [0, 0.05) is 11.7 Å². The quantitative estimate of drug-likeness (QED) is 0.765. The number of hydrogen-bond acceptors (Lipinski definition) is 1. The Bertz CT molecular complexity index is 419. The van der Waals surface area contributed by atoms with E-state index in [1.165, 1.54) is 0 Å². The summed E-state index contributed by atoms with van der Waals surface area (Å²) in [5.74, 6) is 0. The Morgan fingerprint density at radius 3 is 3.00 bits per heavy atom. The van der Waals surface area contributed by atoms with Gasteiger partial charge in [-0.25, -0.2) is 0 Å². The number of rotatable bonds is 3. The van der Waals surface area contributed by atoms with Gasteiger partial charge in [0.1, 0.15) is 0 Å². The van der Waals surface area contributed by atoms with E-state index < -0.39 is 0 Å². The Kier molecular flexibility index (Phi) is 2.55. The smallest absolute Gasteiger partial charge is 0.0790 e. The van der Waals surface area contributed by atoms with Gasteiger partial charge in [0.2, 0.25) is 0 Å². The molecule has 2 N–H and O–H groups in total. The van der Waals surface area contributed by atoms with E-state index in [0.29, 0.717) is 0 Å². The molecule has 0 aliphatic rings. The fraction of sp³-hybridized carbons (Fsp3) is 0.333. The van der Waals surface area contributed by atoms with Crippen molar-refractivity contribution in [3.63, 3.8) is 0 Å². The van der Waals surface area contributed by atoms with Crippen LogP contribution < -0.4 is 0 Å². The molecule has 0 fully saturated rings. The number of nitrogens with one attached hydrogen (secondary N) is 1. The molecule has 2 rings (SSSR count). The maximum atomic E-state index is 9.81. The lowest BCUT2D eigenvalue weighted by Gasteiger charge is -2.09. The van der Waals surface area contributed by atoms with Crippen molar-refractivity contribution < 1.29 is 5.11 Å². The Morgan fingerprint density at radius 1 is 1.36 bits per heavy atom. The molecule has 14 heavy (non-hydrogen) atoms. The highest BCUT2D eigenvalue weighted by molar-refractivity contribution is 5.79. The van der Waals surface area contributed by atoms with Crippen molar-refractivity contribution in [2.24, 2.45) is 0 Å². The second kappa shape index (κ2) is 3.84. The van der Waals surface area contributed by atoms with Crippen LogP contribution in [-0.2, 0) is 0 Å². The summed E-state index contributed by atoms with van der Waals surface area (Å²) in [7, 11) is 0. The van der Waals surface area contributed by atoms with Gasteiger partial charge in [-0.3, -0.25) is 0 Å². The third kappa shape index (κ3) is 1.66. The molecule has 74 valence electrons. The molecule has 0 saturated heterocycles. The lowest BCUT2D eigenvalue weighted by Crippen LogP contribution is -1.95. The molecule has 1 atom stereocenters. The van der Waals surface area contributed by atoms with Crippen molar-refractivity contribution in [3.05, 3.63) is 36.0 Å². The third-order valence-corrected chi connectivity index (χ3v) is 2.52. The first-order chi connectivity index (χ1) is 6.81. The molecule has 0 saturated carbocycles. The summed E-state index contributed by atoms with van der Waals surface area (Å²) in [5, 5.41) is 11.0. The molecule has 0 bridgehead atoms. The summed E-state index contributed by atoms with van der Waals surface area (Å²) in [5.41, 5.74) is 2.14. The standard InChI is InChI=1S/C12H15NO/c1-2-3-12(14)10-4-5-11-9(8-10)6-7-13-11/h4-8,12-14H,2-3H2,1H3. The minimum atomic E-state index is -0.320. The topological polar surface area (TPSA) is 36.0 Å². The molecule has 0 aliphatic carbocycles. The molecule has 1 unspecified atom stereocenters. The summed E-state index contributed by atoms with van der Waals surface area (Å²) >= 11 is 0. The molecule has 1 heterocycles. The highest BCUT2D eigenvalue weighted by Crippen LogP contribution is 2.22.